The predicted molar refractivity (Wildman–Crippen MR) is 110 cm³/mol. The number of ether oxygens (including phenoxy) is 1. The number of thiophene rings is 1. The van der Waals surface area contributed by atoms with Crippen LogP contribution >= 0.6 is 23.1 Å². The summed E-state index contributed by atoms with van der Waals surface area (Å²) in [6.45, 7) is 0. The summed E-state index contributed by atoms with van der Waals surface area (Å²) in [6.07, 6.45) is 3.14. The number of aromatic nitrogens is 2. The number of rotatable bonds is 6. The first-order valence-corrected chi connectivity index (χ1v) is 10.7. The van der Waals surface area contributed by atoms with Gasteiger partial charge in [0.25, 0.3) is 5.56 Å². The minimum Gasteiger partial charge on any atom is -0.497 e. The molecule has 27 heavy (non-hydrogen) atoms. The second kappa shape index (κ2) is 7.74. The van der Waals surface area contributed by atoms with E-state index in [4.69, 9.17) is 4.74 Å². The van der Waals surface area contributed by atoms with Crippen molar-refractivity contribution in [1.29, 1.82) is 0 Å². The molecule has 0 atom stereocenters. The third-order valence-corrected chi connectivity index (χ3v) is 6.60. The molecule has 2 heterocycles. The molecule has 0 unspecified atom stereocenters. The Bertz CT molecular complexity index is 1040. The first-order chi connectivity index (χ1) is 13.1. The number of hydrogen-bond acceptors (Lipinski definition) is 6. The summed E-state index contributed by atoms with van der Waals surface area (Å²) in [5.41, 5.74) is 1.85. The van der Waals surface area contributed by atoms with Gasteiger partial charge in [-0.15, -0.1) is 23.1 Å². The molecule has 1 aromatic carbocycles. The van der Waals surface area contributed by atoms with Crippen LogP contribution in [0.15, 0.2) is 29.1 Å². The van der Waals surface area contributed by atoms with Gasteiger partial charge in [-0.05, 0) is 49.1 Å². The van der Waals surface area contributed by atoms with Crippen molar-refractivity contribution in [3.8, 4) is 5.75 Å². The molecule has 6 nitrogen and oxygen atoms in total. The average Bonchev–Trinajstić information content (AvgIpc) is 3.23. The number of amides is 1. The molecule has 1 amide bonds. The van der Waals surface area contributed by atoms with Gasteiger partial charge in [-0.25, -0.2) is 4.98 Å². The minimum atomic E-state index is -0.0938. The van der Waals surface area contributed by atoms with E-state index in [1.807, 2.05) is 0 Å². The molecule has 2 N–H and O–H groups in total. The highest BCUT2D eigenvalue weighted by Crippen LogP contribution is 2.34. The van der Waals surface area contributed by atoms with E-state index in [1.54, 1.807) is 42.7 Å². The Morgan fingerprint density at radius 3 is 2.93 bits per heavy atom. The molecule has 8 heteroatoms. The molecule has 2 aromatic heterocycles. The molecule has 1 aliphatic carbocycles. The minimum absolute atomic E-state index is 0.0577. The van der Waals surface area contributed by atoms with Gasteiger partial charge in [0.05, 0.1) is 24.0 Å². The van der Waals surface area contributed by atoms with Gasteiger partial charge in [0.2, 0.25) is 5.91 Å². The fourth-order valence-corrected chi connectivity index (χ4v) is 5.20. The monoisotopic (exact) mass is 401 g/mol. The number of H-pyrrole nitrogens is 1. The Kier molecular flexibility index (Phi) is 5.18. The van der Waals surface area contributed by atoms with Gasteiger partial charge in [-0.1, -0.05) is 0 Å². The van der Waals surface area contributed by atoms with Crippen molar-refractivity contribution in [3.63, 3.8) is 0 Å². The van der Waals surface area contributed by atoms with Crippen LogP contribution in [-0.4, -0.2) is 28.7 Å². The van der Waals surface area contributed by atoms with Crippen LogP contribution in [0.1, 0.15) is 22.7 Å². The molecule has 0 saturated carbocycles. The third kappa shape index (κ3) is 3.86. The number of aromatic amines is 1. The molecule has 0 radical (unpaired) electrons. The van der Waals surface area contributed by atoms with Crippen molar-refractivity contribution in [2.24, 2.45) is 0 Å². The highest BCUT2D eigenvalue weighted by Gasteiger charge is 2.21. The molecule has 0 aliphatic heterocycles. The lowest BCUT2D eigenvalue weighted by atomic mass is 10.2. The number of thioether (sulfide) groups is 1. The van der Waals surface area contributed by atoms with Gasteiger partial charge in [-0.3, -0.25) is 9.59 Å². The smallest absolute Gasteiger partial charge is 0.259 e. The van der Waals surface area contributed by atoms with Gasteiger partial charge >= 0.3 is 0 Å². The average molecular weight is 402 g/mol. The van der Waals surface area contributed by atoms with Crippen LogP contribution in [0, 0.1) is 0 Å². The van der Waals surface area contributed by atoms with Crippen LogP contribution in [0.4, 0.5) is 5.69 Å². The summed E-state index contributed by atoms with van der Waals surface area (Å²) < 4.78 is 5.10. The predicted octanol–water partition coefficient (Wildman–Crippen LogP) is 3.35. The number of nitrogens with zero attached hydrogens (tertiary/aromatic N) is 1. The number of aryl methyl sites for hydroxylation is 2. The lowest BCUT2D eigenvalue weighted by Gasteiger charge is -2.06. The maximum atomic E-state index is 12.4. The Morgan fingerprint density at radius 1 is 1.33 bits per heavy atom. The van der Waals surface area contributed by atoms with Crippen LogP contribution in [0.2, 0.25) is 0 Å². The second-order valence-electron chi connectivity index (χ2n) is 6.32. The van der Waals surface area contributed by atoms with Gasteiger partial charge in [-0.2, -0.15) is 0 Å². The van der Waals surface area contributed by atoms with E-state index in [1.165, 1.54) is 22.2 Å². The van der Waals surface area contributed by atoms with Crippen LogP contribution in [0.25, 0.3) is 10.2 Å². The van der Waals surface area contributed by atoms with E-state index < -0.39 is 0 Å². The van der Waals surface area contributed by atoms with Gasteiger partial charge in [0.1, 0.15) is 16.4 Å². The quantitative estimate of drug-likeness (QED) is 0.662. The molecular weight excluding hydrogens is 382 g/mol. The van der Waals surface area contributed by atoms with Crippen LogP contribution < -0.4 is 15.6 Å². The number of fused-ring (bicyclic) bond motifs is 3. The molecule has 140 valence electrons. The standard InChI is InChI=1S/C19H19N3O3S2/c1-25-12-7-5-11(6-8-12)20-16(23)10-26-9-15-21-18(24)17-13-3-2-4-14(13)27-19(17)22-15/h5-8H,2-4,9-10H2,1H3,(H,20,23)(H,21,22,24). The van der Waals surface area contributed by atoms with Crippen molar-refractivity contribution in [2.45, 2.75) is 25.0 Å². The van der Waals surface area contributed by atoms with Crippen molar-refractivity contribution < 1.29 is 9.53 Å². The summed E-state index contributed by atoms with van der Waals surface area (Å²) >= 11 is 3.05. The number of benzene rings is 1. The van der Waals surface area contributed by atoms with Crippen LogP contribution in [0.3, 0.4) is 0 Å². The summed E-state index contributed by atoms with van der Waals surface area (Å²) in [5, 5.41) is 3.60. The molecular formula is C19H19N3O3S2. The highest BCUT2D eigenvalue weighted by molar-refractivity contribution is 7.99. The van der Waals surface area contributed by atoms with E-state index >= 15 is 0 Å². The van der Waals surface area contributed by atoms with E-state index in [9.17, 15) is 9.59 Å². The molecule has 0 saturated heterocycles. The Labute approximate surface area is 164 Å². The molecule has 0 spiro atoms. The summed E-state index contributed by atoms with van der Waals surface area (Å²) in [6, 6.07) is 7.19. The summed E-state index contributed by atoms with van der Waals surface area (Å²) in [5.74, 6) is 2.05. The maximum absolute atomic E-state index is 12.4. The van der Waals surface area contributed by atoms with Crippen molar-refractivity contribution in [1.82, 2.24) is 9.97 Å². The summed E-state index contributed by atoms with van der Waals surface area (Å²) in [4.78, 5) is 34.1. The number of anilines is 1. The van der Waals surface area contributed by atoms with Crippen LogP contribution in [0.5, 0.6) is 5.75 Å². The largest absolute Gasteiger partial charge is 0.497 e. The first kappa shape index (κ1) is 18.1. The molecule has 0 fully saturated rings. The zero-order chi connectivity index (χ0) is 18.8. The lowest BCUT2D eigenvalue weighted by molar-refractivity contribution is -0.113. The number of carbonyl (C=O) groups is 1. The molecule has 1 aliphatic rings. The van der Waals surface area contributed by atoms with Gasteiger partial charge in [0.15, 0.2) is 0 Å². The van der Waals surface area contributed by atoms with Crippen LogP contribution in [-0.2, 0) is 23.4 Å². The second-order valence-corrected chi connectivity index (χ2v) is 8.39. The normalized spacial score (nSPS) is 12.9. The Morgan fingerprint density at radius 2 is 2.15 bits per heavy atom. The topological polar surface area (TPSA) is 84.1 Å². The van der Waals surface area contributed by atoms with E-state index in [0.29, 0.717) is 11.6 Å². The fourth-order valence-electron chi connectivity index (χ4n) is 3.23. The fraction of sp³-hybridized carbons (Fsp3) is 0.316. The van der Waals surface area contributed by atoms with Crippen molar-refractivity contribution in [3.05, 3.63) is 50.9 Å². The highest BCUT2D eigenvalue weighted by atomic mass is 32.2. The third-order valence-electron chi connectivity index (χ3n) is 4.47. The summed E-state index contributed by atoms with van der Waals surface area (Å²) in [7, 11) is 1.60. The van der Waals surface area contributed by atoms with Crippen molar-refractivity contribution >= 4 is 44.9 Å². The Hall–Kier alpha value is -2.32. The van der Waals surface area contributed by atoms with Gasteiger partial charge in [0, 0.05) is 10.6 Å². The zero-order valence-electron chi connectivity index (χ0n) is 14.8. The number of nitrogens with one attached hydrogen (secondary N) is 2. The SMILES string of the molecule is COc1ccc(NC(=O)CSCc2nc3sc4c(c3c(=O)[nH]2)CCC4)cc1. The van der Waals surface area contributed by atoms with Crippen molar-refractivity contribution in [2.75, 3.05) is 18.2 Å². The maximum Gasteiger partial charge on any atom is 0.259 e. The number of carbonyl (C=O) groups excluding carboxylic acids is 1. The number of methoxy groups -OCH3 is 1. The zero-order valence-corrected chi connectivity index (χ0v) is 16.5. The van der Waals surface area contributed by atoms with E-state index in [0.717, 1.165) is 40.9 Å². The lowest BCUT2D eigenvalue weighted by Crippen LogP contribution is -2.15. The molecule has 0 bridgehead atoms. The number of hydrogen-bond donors (Lipinski definition) is 2. The van der Waals surface area contributed by atoms with Gasteiger partial charge < -0.3 is 15.0 Å². The molecule has 3 aromatic rings. The Balaban J connectivity index is 1.36. The van der Waals surface area contributed by atoms with E-state index in [-0.39, 0.29) is 17.2 Å². The molecule has 4 rings (SSSR count). The van der Waals surface area contributed by atoms with E-state index in [2.05, 4.69) is 15.3 Å². The first-order valence-electron chi connectivity index (χ1n) is 8.69.